The van der Waals surface area contributed by atoms with E-state index in [4.69, 9.17) is 4.98 Å². The number of amides is 2. The van der Waals surface area contributed by atoms with Crippen LogP contribution < -0.4 is 45.1 Å². The molecule has 3 aromatic rings. The first-order chi connectivity index (χ1) is 20.1. The number of likely N-dealkylation sites (N-methyl/N-ethyl adjacent to an activating group) is 1. The number of anilines is 2. The van der Waals surface area contributed by atoms with E-state index >= 15 is 0 Å². The number of hydrogen-bond acceptors (Lipinski definition) is 8. The van der Waals surface area contributed by atoms with Crippen molar-refractivity contribution in [1.29, 1.82) is 0 Å². The molecule has 0 spiro atoms. The Morgan fingerprint density at radius 2 is 1.93 bits per heavy atom. The Morgan fingerprint density at radius 1 is 1.20 bits per heavy atom. The van der Waals surface area contributed by atoms with Crippen LogP contribution in [0.1, 0.15) is 55.2 Å². The Balaban J connectivity index is 0.00000529. The first kappa shape index (κ1) is 35.1. The van der Waals surface area contributed by atoms with Crippen LogP contribution in [0.4, 0.5) is 10.9 Å². The number of piperidine rings is 1. The van der Waals surface area contributed by atoms with Crippen molar-refractivity contribution in [3.8, 4) is 0 Å². The maximum Gasteiger partial charge on any atom is 0.328 e. The largest absolute Gasteiger partial charge is 1.00 e. The lowest BCUT2D eigenvalue weighted by molar-refractivity contribution is -0.869. The number of carboxylic acid groups (broad SMARTS) is 1. The Kier molecular flexibility index (Phi) is 11.3. The minimum Gasteiger partial charge on any atom is -1.00 e. The highest BCUT2D eigenvalue weighted by Gasteiger charge is 2.29. The molecule has 0 aromatic carbocycles. The van der Waals surface area contributed by atoms with Crippen LogP contribution in [-0.4, -0.2) is 89.1 Å². The molecule has 0 bridgehead atoms. The van der Waals surface area contributed by atoms with Crippen molar-refractivity contribution < 1.29 is 47.9 Å². The molecule has 4 rings (SSSR count). The SMILES string of the molecule is CC(C)(C)c1csc(NC(=O)c2ccn3c(=O)c(C=CC(=O)O)c(N4CCCC(C(=O)NCC[N+](C)(C)C)C4)nc3c2)n1.[I-]. The van der Waals surface area contributed by atoms with Gasteiger partial charge >= 0.3 is 5.97 Å². The highest BCUT2D eigenvalue weighted by atomic mass is 127. The summed E-state index contributed by atoms with van der Waals surface area (Å²) < 4.78 is 2.00. The Labute approximate surface area is 277 Å². The van der Waals surface area contributed by atoms with Crippen molar-refractivity contribution in [2.24, 2.45) is 5.92 Å². The van der Waals surface area contributed by atoms with E-state index in [0.717, 1.165) is 22.8 Å². The van der Waals surface area contributed by atoms with Crippen molar-refractivity contribution >= 4 is 51.8 Å². The minimum absolute atomic E-state index is 0. The van der Waals surface area contributed by atoms with Crippen LogP contribution in [0.3, 0.4) is 0 Å². The van der Waals surface area contributed by atoms with Gasteiger partial charge < -0.3 is 43.8 Å². The van der Waals surface area contributed by atoms with E-state index < -0.39 is 17.4 Å². The molecule has 4 heterocycles. The van der Waals surface area contributed by atoms with Crippen molar-refractivity contribution in [2.75, 3.05) is 57.5 Å². The number of hydrogen-bond donors (Lipinski definition) is 3. The van der Waals surface area contributed by atoms with Crippen LogP contribution in [-0.2, 0) is 15.0 Å². The zero-order valence-corrected chi connectivity index (χ0v) is 28.9. The first-order valence-electron chi connectivity index (χ1n) is 14.2. The number of aliphatic carboxylic acids is 1. The van der Waals surface area contributed by atoms with E-state index in [2.05, 4.69) is 36.8 Å². The predicted octanol–water partition coefficient (Wildman–Crippen LogP) is -0.159. The van der Waals surface area contributed by atoms with Crippen molar-refractivity contribution in [3.05, 3.63) is 57.0 Å². The summed E-state index contributed by atoms with van der Waals surface area (Å²) in [5.74, 6) is -1.70. The fourth-order valence-electron chi connectivity index (χ4n) is 4.71. The van der Waals surface area contributed by atoms with Crippen LogP contribution in [0.5, 0.6) is 0 Å². The van der Waals surface area contributed by atoms with Gasteiger partial charge in [-0.05, 0) is 31.1 Å². The Morgan fingerprint density at radius 3 is 2.57 bits per heavy atom. The van der Waals surface area contributed by atoms with Gasteiger partial charge in [-0.1, -0.05) is 20.8 Å². The molecule has 44 heavy (non-hydrogen) atoms. The molecule has 0 saturated carbocycles. The van der Waals surface area contributed by atoms with Gasteiger partial charge in [0.25, 0.3) is 11.5 Å². The molecular weight excluding hydrogens is 697 g/mol. The number of halogens is 1. The monoisotopic (exact) mass is 737 g/mol. The van der Waals surface area contributed by atoms with E-state index in [0.29, 0.717) is 37.6 Å². The topological polar surface area (TPSA) is 146 Å². The van der Waals surface area contributed by atoms with Crippen molar-refractivity contribution in [1.82, 2.24) is 19.7 Å². The molecule has 1 aliphatic heterocycles. The normalized spacial score (nSPS) is 15.7. The number of pyridine rings is 1. The summed E-state index contributed by atoms with van der Waals surface area (Å²) >= 11 is 1.34. The number of thiazole rings is 1. The average Bonchev–Trinajstić information content (AvgIpc) is 3.40. The number of carbonyl (C=O) groups is 3. The third kappa shape index (κ3) is 8.85. The van der Waals surface area contributed by atoms with Gasteiger partial charge in [-0.15, -0.1) is 11.3 Å². The molecule has 2 amide bonds. The molecule has 1 fully saturated rings. The molecule has 3 N–H and O–H groups in total. The van der Waals surface area contributed by atoms with Gasteiger partial charge in [0, 0.05) is 41.7 Å². The van der Waals surface area contributed by atoms with Gasteiger partial charge in [-0.2, -0.15) is 0 Å². The lowest BCUT2D eigenvalue weighted by atomic mass is 9.93. The number of quaternary nitrogens is 1. The van der Waals surface area contributed by atoms with E-state index in [9.17, 15) is 24.3 Å². The molecule has 1 unspecified atom stereocenters. The Bertz CT molecular complexity index is 1620. The van der Waals surface area contributed by atoms with Crippen LogP contribution in [0, 0.1) is 5.92 Å². The second-order valence-corrected chi connectivity index (χ2v) is 13.7. The molecule has 1 aliphatic rings. The molecule has 238 valence electrons. The van der Waals surface area contributed by atoms with Crippen LogP contribution in [0.2, 0.25) is 0 Å². The zero-order chi connectivity index (χ0) is 31.5. The molecular formula is C30H40IN7O5S. The van der Waals surface area contributed by atoms with E-state index in [1.165, 1.54) is 40.1 Å². The second kappa shape index (κ2) is 14.2. The van der Waals surface area contributed by atoms with Crippen LogP contribution in [0.25, 0.3) is 11.7 Å². The lowest BCUT2D eigenvalue weighted by Gasteiger charge is -2.34. The standard InChI is InChI=1S/C30H39N7O5S.HI/c1-30(2,3)22-18-43-29(32-22)34-27(41)19-11-14-36-23(16-19)33-25(21(28(36)42)9-10-24(38)39)35-13-7-8-20(17-35)26(40)31-12-15-37(4,5)6;/h9-11,14,16,18,20H,7-8,12-13,15,17H2,1-6H3,(H2-,31,32,34,38,39,40,41);1H. The summed E-state index contributed by atoms with van der Waals surface area (Å²) in [6.07, 6.45) is 4.97. The third-order valence-electron chi connectivity index (χ3n) is 7.17. The number of rotatable bonds is 9. The molecule has 0 aliphatic carbocycles. The third-order valence-corrected chi connectivity index (χ3v) is 7.92. The van der Waals surface area contributed by atoms with E-state index in [1.807, 2.05) is 31.1 Å². The molecule has 1 atom stereocenters. The fraction of sp³-hybridized carbons (Fsp3) is 0.467. The number of carboxylic acids is 1. The molecule has 3 aromatic heterocycles. The van der Waals surface area contributed by atoms with Crippen molar-refractivity contribution in [3.63, 3.8) is 0 Å². The van der Waals surface area contributed by atoms with Crippen molar-refractivity contribution in [2.45, 2.75) is 39.0 Å². The van der Waals surface area contributed by atoms with Gasteiger partial charge in [0.2, 0.25) is 5.91 Å². The number of fused-ring (bicyclic) bond motifs is 1. The molecule has 0 radical (unpaired) electrons. The predicted molar refractivity (Wildman–Crippen MR) is 168 cm³/mol. The summed E-state index contributed by atoms with van der Waals surface area (Å²) in [5.41, 5.74) is 0.843. The lowest BCUT2D eigenvalue weighted by Crippen LogP contribution is -3.00. The summed E-state index contributed by atoms with van der Waals surface area (Å²) in [7, 11) is 6.17. The smallest absolute Gasteiger partial charge is 0.328 e. The fourth-order valence-corrected chi connectivity index (χ4v) is 5.64. The first-order valence-corrected chi connectivity index (χ1v) is 15.1. The molecule has 1 saturated heterocycles. The summed E-state index contributed by atoms with van der Waals surface area (Å²) in [6, 6.07) is 3.02. The quantitative estimate of drug-likeness (QED) is 0.156. The van der Waals surface area contributed by atoms with Gasteiger partial charge in [0.15, 0.2) is 5.13 Å². The summed E-state index contributed by atoms with van der Waals surface area (Å²) in [5, 5.41) is 17.5. The van der Waals surface area contributed by atoms with Crippen LogP contribution in [0.15, 0.2) is 34.6 Å². The zero-order valence-electron chi connectivity index (χ0n) is 25.9. The minimum atomic E-state index is -1.20. The number of nitrogens with zero attached hydrogens (tertiary/aromatic N) is 5. The number of carbonyl (C=O) groups excluding carboxylic acids is 2. The van der Waals surface area contributed by atoms with Gasteiger partial charge in [-0.3, -0.25) is 24.1 Å². The van der Waals surface area contributed by atoms with E-state index in [1.54, 1.807) is 0 Å². The number of aromatic nitrogens is 3. The van der Waals surface area contributed by atoms with Gasteiger partial charge in [0.1, 0.15) is 11.5 Å². The number of nitrogens with one attached hydrogen (secondary N) is 2. The molecule has 12 nitrogen and oxygen atoms in total. The average molecular weight is 738 g/mol. The van der Waals surface area contributed by atoms with Gasteiger partial charge in [0.05, 0.1) is 51.4 Å². The summed E-state index contributed by atoms with van der Waals surface area (Å²) in [6.45, 7) is 8.33. The Hall–Kier alpha value is -3.37. The van der Waals surface area contributed by atoms with Gasteiger partial charge in [-0.25, -0.2) is 14.8 Å². The highest BCUT2D eigenvalue weighted by Crippen LogP contribution is 2.27. The maximum absolute atomic E-state index is 13.6. The van der Waals surface area contributed by atoms with Crippen LogP contribution >= 0.6 is 11.3 Å². The highest BCUT2D eigenvalue weighted by molar-refractivity contribution is 7.14. The summed E-state index contributed by atoms with van der Waals surface area (Å²) in [4.78, 5) is 62.1. The second-order valence-electron chi connectivity index (χ2n) is 12.8. The molecule has 14 heteroatoms. The van der Waals surface area contributed by atoms with E-state index in [-0.39, 0.29) is 63.8 Å². The maximum atomic E-state index is 13.6.